The highest BCUT2D eigenvalue weighted by Gasteiger charge is 2.29. The minimum Gasteiger partial charge on any atom is -0.459 e. The van der Waals surface area contributed by atoms with Crippen LogP contribution in [-0.2, 0) is 4.79 Å². The van der Waals surface area contributed by atoms with E-state index in [1.165, 1.54) is 19.1 Å². The second kappa shape index (κ2) is 10.5. The molecule has 32 heavy (non-hydrogen) atoms. The Morgan fingerprint density at radius 1 is 0.969 bits per heavy atom. The topological polar surface area (TPSA) is 94.9 Å². The zero-order chi connectivity index (χ0) is 22.3. The van der Waals surface area contributed by atoms with E-state index in [-0.39, 0.29) is 23.5 Å². The summed E-state index contributed by atoms with van der Waals surface area (Å²) >= 11 is 0. The average molecular weight is 439 g/mol. The highest BCUT2D eigenvalue weighted by atomic mass is 16.3. The van der Waals surface area contributed by atoms with E-state index in [1.54, 1.807) is 36.4 Å². The van der Waals surface area contributed by atoms with Gasteiger partial charge in [-0.05, 0) is 43.2 Å². The zero-order valence-corrected chi connectivity index (χ0v) is 18.2. The summed E-state index contributed by atoms with van der Waals surface area (Å²) in [4.78, 5) is 41.5. The van der Waals surface area contributed by atoms with Crippen LogP contribution in [0.1, 0.15) is 46.6 Å². The van der Waals surface area contributed by atoms with Gasteiger partial charge in [-0.2, -0.15) is 0 Å². The second-order valence-corrected chi connectivity index (χ2v) is 8.42. The van der Waals surface area contributed by atoms with Crippen molar-refractivity contribution in [3.05, 3.63) is 54.0 Å². The number of carbonyl (C=O) groups is 3. The molecule has 3 amide bonds. The summed E-state index contributed by atoms with van der Waals surface area (Å²) < 4.78 is 5.08. The molecule has 2 fully saturated rings. The van der Waals surface area contributed by atoms with Gasteiger partial charge in [0.1, 0.15) is 0 Å². The van der Waals surface area contributed by atoms with Crippen LogP contribution in [0.4, 0.5) is 5.69 Å². The van der Waals surface area contributed by atoms with Gasteiger partial charge in [-0.1, -0.05) is 18.9 Å². The maximum atomic E-state index is 12.5. The number of benzene rings is 1. The first-order valence-electron chi connectivity index (χ1n) is 11.3. The first-order chi connectivity index (χ1) is 15.6. The Balaban J connectivity index is 1.19. The van der Waals surface area contributed by atoms with Crippen LogP contribution >= 0.6 is 0 Å². The summed E-state index contributed by atoms with van der Waals surface area (Å²) in [5.41, 5.74) is 1.01. The van der Waals surface area contributed by atoms with Crippen LogP contribution < -0.4 is 10.6 Å². The van der Waals surface area contributed by atoms with Crippen molar-refractivity contribution in [2.45, 2.75) is 25.7 Å². The van der Waals surface area contributed by atoms with Crippen LogP contribution in [0.25, 0.3) is 0 Å². The third-order valence-corrected chi connectivity index (χ3v) is 6.23. The van der Waals surface area contributed by atoms with E-state index in [1.807, 2.05) is 4.90 Å². The lowest BCUT2D eigenvalue weighted by molar-refractivity contribution is -0.137. The Hall–Kier alpha value is -3.13. The summed E-state index contributed by atoms with van der Waals surface area (Å²) in [6.45, 7) is 4.47. The number of amides is 3. The molecule has 1 saturated heterocycles. The third kappa shape index (κ3) is 5.56. The average Bonchev–Trinajstić information content (AvgIpc) is 3.54. The molecule has 0 unspecified atom stereocenters. The normalized spacial score (nSPS) is 17.3. The van der Waals surface area contributed by atoms with Crippen LogP contribution in [0.5, 0.6) is 0 Å². The zero-order valence-electron chi connectivity index (χ0n) is 18.2. The maximum absolute atomic E-state index is 12.5. The van der Waals surface area contributed by atoms with Crippen LogP contribution in [0.3, 0.4) is 0 Å². The van der Waals surface area contributed by atoms with E-state index in [9.17, 15) is 14.4 Å². The van der Waals surface area contributed by atoms with E-state index in [4.69, 9.17) is 4.42 Å². The van der Waals surface area contributed by atoms with Gasteiger partial charge in [0.05, 0.1) is 6.26 Å². The van der Waals surface area contributed by atoms with Crippen molar-refractivity contribution < 1.29 is 18.8 Å². The standard InChI is InChI=1S/C24H30N4O4/c29-22(19-7-3-8-20(17-19)26-23(30)21-9-4-16-32-21)25-10-11-27-12-14-28(15-13-27)24(31)18-5-1-2-6-18/h3-4,7-9,16-18H,1-2,5-6,10-15H2,(H,25,29)(H,26,30). The Morgan fingerprint density at radius 3 is 2.47 bits per heavy atom. The molecule has 0 bridgehead atoms. The lowest BCUT2D eigenvalue weighted by Gasteiger charge is -2.36. The summed E-state index contributed by atoms with van der Waals surface area (Å²) in [5, 5.41) is 5.67. The quantitative estimate of drug-likeness (QED) is 0.693. The van der Waals surface area contributed by atoms with Crippen LogP contribution in [-0.4, -0.2) is 66.8 Å². The van der Waals surface area contributed by atoms with E-state index >= 15 is 0 Å². The van der Waals surface area contributed by atoms with Gasteiger partial charge in [0.15, 0.2) is 5.76 Å². The van der Waals surface area contributed by atoms with E-state index in [2.05, 4.69) is 15.5 Å². The fourth-order valence-electron chi connectivity index (χ4n) is 4.39. The molecule has 0 radical (unpaired) electrons. The van der Waals surface area contributed by atoms with Crippen molar-refractivity contribution >= 4 is 23.4 Å². The van der Waals surface area contributed by atoms with Crippen LogP contribution in [0.15, 0.2) is 47.1 Å². The third-order valence-electron chi connectivity index (χ3n) is 6.23. The van der Waals surface area contributed by atoms with Gasteiger partial charge in [-0.15, -0.1) is 0 Å². The smallest absolute Gasteiger partial charge is 0.291 e. The van der Waals surface area contributed by atoms with Gasteiger partial charge < -0.3 is 20.0 Å². The van der Waals surface area contributed by atoms with Crippen LogP contribution in [0.2, 0.25) is 0 Å². The number of hydrogen-bond donors (Lipinski definition) is 2. The van der Waals surface area contributed by atoms with Crippen molar-refractivity contribution in [2.75, 3.05) is 44.6 Å². The summed E-state index contributed by atoms with van der Waals surface area (Å²) in [6, 6.07) is 10.0. The lowest BCUT2D eigenvalue weighted by Crippen LogP contribution is -2.51. The number of nitrogens with zero attached hydrogens (tertiary/aromatic N) is 2. The van der Waals surface area contributed by atoms with Gasteiger partial charge >= 0.3 is 0 Å². The molecule has 0 atom stereocenters. The molecule has 170 valence electrons. The lowest BCUT2D eigenvalue weighted by atomic mass is 10.1. The molecule has 1 saturated carbocycles. The number of piperazine rings is 1. The Morgan fingerprint density at radius 2 is 1.75 bits per heavy atom. The monoisotopic (exact) mass is 438 g/mol. The molecule has 2 heterocycles. The fraction of sp³-hybridized carbons (Fsp3) is 0.458. The van der Waals surface area contributed by atoms with Crippen molar-refractivity contribution in [1.29, 1.82) is 0 Å². The van der Waals surface area contributed by atoms with Crippen LogP contribution in [0, 0.1) is 5.92 Å². The van der Waals surface area contributed by atoms with Gasteiger partial charge in [0, 0.05) is 56.4 Å². The predicted octanol–water partition coefficient (Wildman–Crippen LogP) is 2.60. The highest BCUT2D eigenvalue weighted by molar-refractivity contribution is 6.03. The van der Waals surface area contributed by atoms with Gasteiger partial charge in [-0.3, -0.25) is 19.3 Å². The first-order valence-corrected chi connectivity index (χ1v) is 11.3. The molecule has 1 aromatic carbocycles. The summed E-state index contributed by atoms with van der Waals surface area (Å²) in [7, 11) is 0. The van der Waals surface area contributed by atoms with Crippen molar-refractivity contribution in [3.63, 3.8) is 0 Å². The van der Waals surface area contributed by atoms with E-state index in [0.717, 1.165) is 45.6 Å². The number of nitrogens with one attached hydrogen (secondary N) is 2. The molecule has 4 rings (SSSR count). The van der Waals surface area contributed by atoms with E-state index in [0.29, 0.717) is 23.7 Å². The molecular formula is C24H30N4O4. The number of hydrogen-bond acceptors (Lipinski definition) is 5. The number of furan rings is 1. The summed E-state index contributed by atoms with van der Waals surface area (Å²) in [5.74, 6) is 0.229. The fourth-order valence-corrected chi connectivity index (χ4v) is 4.39. The van der Waals surface area contributed by atoms with E-state index < -0.39 is 0 Å². The van der Waals surface area contributed by atoms with Gasteiger partial charge in [-0.25, -0.2) is 0 Å². The second-order valence-electron chi connectivity index (χ2n) is 8.42. The predicted molar refractivity (Wildman–Crippen MR) is 120 cm³/mol. The minimum atomic E-state index is -0.363. The molecule has 0 spiro atoms. The largest absolute Gasteiger partial charge is 0.459 e. The van der Waals surface area contributed by atoms with Gasteiger partial charge in [0.2, 0.25) is 5.91 Å². The van der Waals surface area contributed by atoms with Crippen molar-refractivity contribution in [2.24, 2.45) is 5.92 Å². The maximum Gasteiger partial charge on any atom is 0.291 e. The molecular weight excluding hydrogens is 408 g/mol. The molecule has 1 aromatic heterocycles. The molecule has 8 heteroatoms. The SMILES string of the molecule is O=C(NCCN1CCN(C(=O)C2CCCC2)CC1)c1cccc(NC(=O)c2ccco2)c1. The molecule has 2 aromatic rings. The summed E-state index contributed by atoms with van der Waals surface area (Å²) in [6.07, 6.45) is 5.87. The molecule has 1 aliphatic heterocycles. The number of anilines is 1. The number of rotatable bonds is 7. The van der Waals surface area contributed by atoms with Crippen molar-refractivity contribution in [1.82, 2.24) is 15.1 Å². The Kier molecular flexibility index (Phi) is 7.21. The molecule has 2 aliphatic rings. The number of carbonyl (C=O) groups excluding carboxylic acids is 3. The minimum absolute atomic E-state index is 0.186. The molecule has 2 N–H and O–H groups in total. The highest BCUT2D eigenvalue weighted by Crippen LogP contribution is 2.26. The molecule has 1 aliphatic carbocycles. The van der Waals surface area contributed by atoms with Gasteiger partial charge in [0.25, 0.3) is 11.8 Å². The Labute approximate surface area is 187 Å². The molecule has 8 nitrogen and oxygen atoms in total. The first kappa shape index (κ1) is 22.1. The Bertz CT molecular complexity index is 929. The van der Waals surface area contributed by atoms with Crippen molar-refractivity contribution in [3.8, 4) is 0 Å².